The number of rotatable bonds is 9. The second-order valence-electron chi connectivity index (χ2n) is 5.80. The summed E-state index contributed by atoms with van der Waals surface area (Å²) in [4.78, 5) is 16.0. The Kier molecular flexibility index (Phi) is 8.68. The molecule has 2 N–H and O–H groups in total. The van der Waals surface area contributed by atoms with Crippen molar-refractivity contribution in [2.24, 2.45) is 11.7 Å². The number of amides is 1. The van der Waals surface area contributed by atoms with Crippen molar-refractivity contribution in [1.82, 2.24) is 9.80 Å². The zero-order chi connectivity index (χ0) is 15.0. The zero-order valence-electron chi connectivity index (χ0n) is 13.3. The molecule has 0 aromatic heterocycles. The molecule has 1 amide bonds. The van der Waals surface area contributed by atoms with E-state index in [1.165, 1.54) is 0 Å². The highest BCUT2D eigenvalue weighted by Crippen LogP contribution is 2.04. The van der Waals surface area contributed by atoms with Crippen molar-refractivity contribution < 1.29 is 4.79 Å². The minimum atomic E-state index is 0.158. The molecule has 1 atom stereocenters. The van der Waals surface area contributed by atoms with Crippen molar-refractivity contribution in [3.8, 4) is 0 Å². The Morgan fingerprint density at radius 2 is 1.89 bits per heavy atom. The van der Waals surface area contributed by atoms with Crippen LogP contribution in [0.3, 0.4) is 0 Å². The number of nitrogens with two attached hydrogens (primary N) is 1. The number of nitrogens with zero attached hydrogens (tertiary/aromatic N) is 2. The molecule has 0 radical (unpaired) electrons. The monoisotopic (exact) mass is 269 g/mol. The van der Waals surface area contributed by atoms with Crippen molar-refractivity contribution in [1.29, 1.82) is 0 Å². The standard InChI is InChI=1S/C15H31N3O/c1-7-18(10-12(2)3)15(19)11-17(6)9-8-14(16)13(4)5/h13-14H,2,7-11,16H2,1,3-6H3. The topological polar surface area (TPSA) is 49.6 Å². The second-order valence-corrected chi connectivity index (χ2v) is 5.80. The molecule has 0 aromatic carbocycles. The molecule has 0 saturated carbocycles. The molecule has 0 aromatic rings. The van der Waals surface area contributed by atoms with Crippen LogP contribution in [0.4, 0.5) is 0 Å². The fourth-order valence-corrected chi connectivity index (χ4v) is 1.81. The predicted octanol–water partition coefficient (Wildman–Crippen LogP) is 1.72. The van der Waals surface area contributed by atoms with Gasteiger partial charge in [-0.2, -0.15) is 0 Å². The van der Waals surface area contributed by atoms with Crippen LogP contribution in [0.25, 0.3) is 0 Å². The van der Waals surface area contributed by atoms with Crippen LogP contribution in [0.5, 0.6) is 0 Å². The van der Waals surface area contributed by atoms with Gasteiger partial charge in [-0.15, -0.1) is 0 Å². The lowest BCUT2D eigenvalue weighted by Gasteiger charge is -2.25. The Morgan fingerprint density at radius 3 is 2.32 bits per heavy atom. The Bertz CT molecular complexity index is 289. The fraction of sp³-hybridized carbons (Fsp3) is 0.800. The lowest BCUT2D eigenvalue weighted by molar-refractivity contribution is -0.131. The van der Waals surface area contributed by atoms with E-state index >= 15 is 0 Å². The summed E-state index contributed by atoms with van der Waals surface area (Å²) in [6.45, 7) is 14.7. The van der Waals surface area contributed by atoms with Crippen molar-refractivity contribution in [2.45, 2.75) is 40.2 Å². The summed E-state index contributed by atoms with van der Waals surface area (Å²) in [6, 6.07) is 0.204. The van der Waals surface area contributed by atoms with Gasteiger partial charge in [0.2, 0.25) is 5.91 Å². The van der Waals surface area contributed by atoms with Gasteiger partial charge in [0.1, 0.15) is 0 Å². The van der Waals surface area contributed by atoms with Crippen molar-refractivity contribution >= 4 is 5.91 Å². The summed E-state index contributed by atoms with van der Waals surface area (Å²) >= 11 is 0. The molecule has 0 heterocycles. The molecule has 4 nitrogen and oxygen atoms in total. The fourth-order valence-electron chi connectivity index (χ4n) is 1.81. The van der Waals surface area contributed by atoms with Gasteiger partial charge in [0.25, 0.3) is 0 Å². The van der Waals surface area contributed by atoms with Gasteiger partial charge in [-0.05, 0) is 39.8 Å². The van der Waals surface area contributed by atoms with Gasteiger partial charge in [-0.3, -0.25) is 9.69 Å². The molecule has 0 saturated heterocycles. The van der Waals surface area contributed by atoms with Gasteiger partial charge in [-0.1, -0.05) is 26.0 Å². The van der Waals surface area contributed by atoms with Crippen LogP contribution in [0.2, 0.25) is 0 Å². The van der Waals surface area contributed by atoms with E-state index in [9.17, 15) is 4.79 Å². The largest absolute Gasteiger partial charge is 0.338 e. The van der Waals surface area contributed by atoms with E-state index in [4.69, 9.17) is 5.73 Å². The molecule has 0 bridgehead atoms. The Labute approximate surface area is 118 Å². The molecule has 4 heteroatoms. The summed E-state index contributed by atoms with van der Waals surface area (Å²) in [5, 5.41) is 0. The smallest absolute Gasteiger partial charge is 0.237 e. The van der Waals surface area contributed by atoms with E-state index in [-0.39, 0.29) is 11.9 Å². The first kappa shape index (κ1) is 18.1. The molecule has 0 fully saturated rings. The zero-order valence-corrected chi connectivity index (χ0v) is 13.3. The lowest BCUT2D eigenvalue weighted by Crippen LogP contribution is -2.41. The van der Waals surface area contributed by atoms with Crippen LogP contribution in [-0.2, 0) is 4.79 Å². The summed E-state index contributed by atoms with van der Waals surface area (Å²) in [7, 11) is 1.97. The van der Waals surface area contributed by atoms with E-state index in [0.29, 0.717) is 19.0 Å². The Hall–Kier alpha value is -0.870. The Morgan fingerprint density at radius 1 is 1.32 bits per heavy atom. The van der Waals surface area contributed by atoms with E-state index in [1.807, 2.05) is 30.7 Å². The first-order valence-electron chi connectivity index (χ1n) is 7.14. The number of carbonyl (C=O) groups is 1. The van der Waals surface area contributed by atoms with Crippen molar-refractivity contribution in [3.63, 3.8) is 0 Å². The molecule has 0 aliphatic rings. The third-order valence-corrected chi connectivity index (χ3v) is 3.30. The number of hydrogen-bond donors (Lipinski definition) is 1. The maximum absolute atomic E-state index is 12.1. The average Bonchev–Trinajstić information content (AvgIpc) is 2.32. The SMILES string of the molecule is C=C(C)CN(CC)C(=O)CN(C)CCC(N)C(C)C. The second kappa shape index (κ2) is 9.10. The van der Waals surface area contributed by atoms with Crippen LogP contribution in [0.15, 0.2) is 12.2 Å². The number of hydrogen-bond acceptors (Lipinski definition) is 3. The molecule has 0 spiro atoms. The van der Waals surface area contributed by atoms with E-state index in [1.54, 1.807) is 0 Å². The van der Waals surface area contributed by atoms with Gasteiger partial charge in [-0.25, -0.2) is 0 Å². The molecule has 0 rings (SSSR count). The normalized spacial score (nSPS) is 12.8. The highest BCUT2D eigenvalue weighted by atomic mass is 16.2. The Balaban J connectivity index is 4.12. The summed E-state index contributed by atoms with van der Waals surface area (Å²) in [5.74, 6) is 0.644. The summed E-state index contributed by atoms with van der Waals surface area (Å²) in [5.41, 5.74) is 7.03. The average molecular weight is 269 g/mol. The highest BCUT2D eigenvalue weighted by Gasteiger charge is 2.15. The third-order valence-electron chi connectivity index (χ3n) is 3.30. The molecule has 112 valence electrons. The van der Waals surface area contributed by atoms with Gasteiger partial charge in [0.15, 0.2) is 0 Å². The van der Waals surface area contributed by atoms with Gasteiger partial charge < -0.3 is 10.6 Å². The van der Waals surface area contributed by atoms with Gasteiger partial charge in [0, 0.05) is 19.1 Å². The summed E-state index contributed by atoms with van der Waals surface area (Å²) < 4.78 is 0. The molecular weight excluding hydrogens is 238 g/mol. The number of carbonyl (C=O) groups excluding carboxylic acids is 1. The van der Waals surface area contributed by atoms with E-state index < -0.39 is 0 Å². The molecular formula is C15H31N3O. The van der Waals surface area contributed by atoms with E-state index in [2.05, 4.69) is 20.4 Å². The van der Waals surface area contributed by atoms with Crippen LogP contribution in [0, 0.1) is 5.92 Å². The minimum Gasteiger partial charge on any atom is -0.338 e. The lowest BCUT2D eigenvalue weighted by atomic mass is 10.0. The van der Waals surface area contributed by atoms with Crippen molar-refractivity contribution in [2.75, 3.05) is 33.2 Å². The predicted molar refractivity (Wildman–Crippen MR) is 82.0 cm³/mol. The van der Waals surface area contributed by atoms with Crippen molar-refractivity contribution in [3.05, 3.63) is 12.2 Å². The number of likely N-dealkylation sites (N-methyl/N-ethyl adjacent to an activating group) is 2. The van der Waals surface area contributed by atoms with Crippen LogP contribution < -0.4 is 5.73 Å². The first-order chi connectivity index (χ1) is 8.77. The summed E-state index contributed by atoms with van der Waals surface area (Å²) in [6.07, 6.45) is 0.925. The molecule has 19 heavy (non-hydrogen) atoms. The van der Waals surface area contributed by atoms with Gasteiger partial charge in [0.05, 0.1) is 6.54 Å². The van der Waals surface area contributed by atoms with Crippen LogP contribution in [0.1, 0.15) is 34.1 Å². The first-order valence-corrected chi connectivity index (χ1v) is 7.14. The van der Waals surface area contributed by atoms with E-state index in [0.717, 1.165) is 25.1 Å². The van der Waals surface area contributed by atoms with Crippen LogP contribution in [-0.4, -0.2) is 55.0 Å². The highest BCUT2D eigenvalue weighted by molar-refractivity contribution is 5.78. The molecule has 1 unspecified atom stereocenters. The maximum atomic E-state index is 12.1. The quantitative estimate of drug-likeness (QED) is 0.648. The van der Waals surface area contributed by atoms with Gasteiger partial charge >= 0.3 is 0 Å². The van der Waals surface area contributed by atoms with Crippen LogP contribution >= 0.6 is 0 Å². The third kappa shape index (κ3) is 8.01. The molecule has 0 aliphatic carbocycles. The maximum Gasteiger partial charge on any atom is 0.237 e. The molecule has 0 aliphatic heterocycles. The minimum absolute atomic E-state index is 0.158.